The summed E-state index contributed by atoms with van der Waals surface area (Å²) in [6.45, 7) is 2.08. The van der Waals surface area contributed by atoms with E-state index in [0.717, 1.165) is 24.9 Å². The average Bonchev–Trinajstić information content (AvgIpc) is 2.25. The summed E-state index contributed by atoms with van der Waals surface area (Å²) in [5.41, 5.74) is 2.39. The van der Waals surface area contributed by atoms with E-state index < -0.39 is 0 Å². The zero-order valence-corrected chi connectivity index (χ0v) is 9.24. The van der Waals surface area contributed by atoms with Gasteiger partial charge in [-0.05, 0) is 31.9 Å². The quantitative estimate of drug-likeness (QED) is 0.778. The maximum absolute atomic E-state index is 9.82. The molecule has 2 heteroatoms. The number of hydrogen-bond acceptors (Lipinski definition) is 2. The molecule has 1 aromatic carbocycles. The van der Waals surface area contributed by atoms with E-state index in [1.165, 1.54) is 12.0 Å². The largest absolute Gasteiger partial charge is 0.391 e. The fourth-order valence-corrected chi connectivity index (χ4v) is 2.14. The molecular formula is C13H19NO. The van der Waals surface area contributed by atoms with Gasteiger partial charge in [-0.3, -0.25) is 0 Å². The zero-order valence-electron chi connectivity index (χ0n) is 9.24. The summed E-state index contributed by atoms with van der Waals surface area (Å²) in [6.07, 6.45) is 4.21. The van der Waals surface area contributed by atoms with Crippen LogP contribution in [0.5, 0.6) is 0 Å². The summed E-state index contributed by atoms with van der Waals surface area (Å²) in [5, 5.41) is 13.2. The van der Waals surface area contributed by atoms with Gasteiger partial charge in [-0.15, -0.1) is 0 Å². The Hall–Kier alpha value is -1.02. The summed E-state index contributed by atoms with van der Waals surface area (Å²) in [4.78, 5) is 0. The van der Waals surface area contributed by atoms with Crippen LogP contribution >= 0.6 is 0 Å². The van der Waals surface area contributed by atoms with Gasteiger partial charge in [0.25, 0.3) is 0 Å². The highest BCUT2D eigenvalue weighted by molar-refractivity contribution is 5.45. The van der Waals surface area contributed by atoms with Crippen molar-refractivity contribution >= 4 is 5.69 Å². The van der Waals surface area contributed by atoms with E-state index in [4.69, 9.17) is 0 Å². The Morgan fingerprint density at radius 1 is 1.13 bits per heavy atom. The number of benzene rings is 1. The predicted molar refractivity (Wildman–Crippen MR) is 63.1 cm³/mol. The molecule has 0 radical (unpaired) electrons. The average molecular weight is 205 g/mol. The Labute approximate surface area is 91.3 Å². The summed E-state index contributed by atoms with van der Waals surface area (Å²) in [5.74, 6) is 0. The van der Waals surface area contributed by atoms with Crippen LogP contribution in [0.3, 0.4) is 0 Å². The molecule has 2 nitrogen and oxygen atoms in total. The Kier molecular flexibility index (Phi) is 3.27. The van der Waals surface area contributed by atoms with Crippen LogP contribution in [0.25, 0.3) is 0 Å². The van der Waals surface area contributed by atoms with E-state index in [1.807, 2.05) is 0 Å². The van der Waals surface area contributed by atoms with E-state index in [1.54, 1.807) is 0 Å². The molecule has 2 atom stereocenters. The van der Waals surface area contributed by atoms with E-state index in [-0.39, 0.29) is 12.1 Å². The van der Waals surface area contributed by atoms with Crippen molar-refractivity contribution in [3.63, 3.8) is 0 Å². The number of aliphatic hydroxyl groups is 1. The summed E-state index contributed by atoms with van der Waals surface area (Å²) in [6, 6.07) is 8.59. The minimum Gasteiger partial charge on any atom is -0.391 e. The van der Waals surface area contributed by atoms with E-state index in [2.05, 4.69) is 36.5 Å². The van der Waals surface area contributed by atoms with Crippen LogP contribution < -0.4 is 5.32 Å². The number of anilines is 1. The van der Waals surface area contributed by atoms with Gasteiger partial charge in [0.05, 0.1) is 12.1 Å². The van der Waals surface area contributed by atoms with Gasteiger partial charge in [-0.25, -0.2) is 0 Å². The number of aliphatic hydroxyl groups excluding tert-OH is 1. The first-order valence-corrected chi connectivity index (χ1v) is 5.77. The molecule has 2 N–H and O–H groups in total. The van der Waals surface area contributed by atoms with Gasteiger partial charge in [0.2, 0.25) is 0 Å². The SMILES string of the molecule is Cc1ccc(N[C@H]2CCCC[C@H]2O)cc1. The lowest BCUT2D eigenvalue weighted by Crippen LogP contribution is -2.36. The van der Waals surface area contributed by atoms with E-state index in [0.29, 0.717) is 0 Å². The molecule has 0 amide bonds. The van der Waals surface area contributed by atoms with Crippen molar-refractivity contribution in [2.24, 2.45) is 0 Å². The monoisotopic (exact) mass is 205 g/mol. The van der Waals surface area contributed by atoms with Crippen molar-refractivity contribution in [1.29, 1.82) is 0 Å². The van der Waals surface area contributed by atoms with Gasteiger partial charge in [0.15, 0.2) is 0 Å². The Balaban J connectivity index is 1.98. The highest BCUT2D eigenvalue weighted by Gasteiger charge is 2.22. The van der Waals surface area contributed by atoms with Gasteiger partial charge < -0.3 is 10.4 Å². The van der Waals surface area contributed by atoms with Crippen LogP contribution in [0.1, 0.15) is 31.2 Å². The standard InChI is InChI=1S/C13H19NO/c1-10-6-8-11(9-7-10)14-12-4-2-3-5-13(12)15/h6-9,12-15H,2-5H2,1H3/t12-,13+/m0/s1. The lowest BCUT2D eigenvalue weighted by molar-refractivity contribution is 0.116. The van der Waals surface area contributed by atoms with Crippen molar-refractivity contribution in [2.75, 3.05) is 5.32 Å². The van der Waals surface area contributed by atoms with E-state index >= 15 is 0 Å². The molecule has 1 saturated carbocycles. The molecular weight excluding hydrogens is 186 g/mol. The van der Waals surface area contributed by atoms with Crippen LogP contribution in [0.4, 0.5) is 5.69 Å². The third-order valence-electron chi connectivity index (χ3n) is 3.13. The van der Waals surface area contributed by atoms with Gasteiger partial charge in [0.1, 0.15) is 0 Å². The molecule has 0 aliphatic heterocycles. The molecule has 1 aliphatic carbocycles. The fourth-order valence-electron chi connectivity index (χ4n) is 2.14. The predicted octanol–water partition coefficient (Wildman–Crippen LogP) is 2.71. The van der Waals surface area contributed by atoms with Crippen LogP contribution in [0.2, 0.25) is 0 Å². The summed E-state index contributed by atoms with van der Waals surface area (Å²) in [7, 11) is 0. The van der Waals surface area contributed by atoms with Crippen molar-refractivity contribution < 1.29 is 5.11 Å². The van der Waals surface area contributed by atoms with Gasteiger partial charge in [-0.2, -0.15) is 0 Å². The lowest BCUT2D eigenvalue weighted by atomic mass is 9.92. The van der Waals surface area contributed by atoms with Gasteiger partial charge in [-0.1, -0.05) is 30.5 Å². The highest BCUT2D eigenvalue weighted by atomic mass is 16.3. The summed E-state index contributed by atoms with van der Waals surface area (Å²) < 4.78 is 0. The normalized spacial score (nSPS) is 26.3. The minimum atomic E-state index is -0.181. The highest BCUT2D eigenvalue weighted by Crippen LogP contribution is 2.22. The van der Waals surface area contributed by atoms with Crippen LogP contribution in [0.15, 0.2) is 24.3 Å². The Bertz CT molecular complexity index is 307. The first kappa shape index (κ1) is 10.5. The first-order chi connectivity index (χ1) is 7.25. The molecule has 2 rings (SSSR count). The number of nitrogens with one attached hydrogen (secondary N) is 1. The molecule has 0 spiro atoms. The third kappa shape index (κ3) is 2.72. The third-order valence-corrected chi connectivity index (χ3v) is 3.13. The Morgan fingerprint density at radius 2 is 1.80 bits per heavy atom. The second kappa shape index (κ2) is 4.67. The maximum atomic E-state index is 9.82. The fraction of sp³-hybridized carbons (Fsp3) is 0.538. The lowest BCUT2D eigenvalue weighted by Gasteiger charge is -2.29. The molecule has 0 saturated heterocycles. The molecule has 1 aromatic rings. The van der Waals surface area contributed by atoms with Crippen LogP contribution in [0, 0.1) is 6.92 Å². The van der Waals surface area contributed by atoms with E-state index in [9.17, 15) is 5.11 Å². The molecule has 1 aliphatic rings. The van der Waals surface area contributed by atoms with Crippen molar-refractivity contribution in [1.82, 2.24) is 0 Å². The summed E-state index contributed by atoms with van der Waals surface area (Å²) >= 11 is 0. The van der Waals surface area contributed by atoms with Crippen LogP contribution in [-0.4, -0.2) is 17.3 Å². The Morgan fingerprint density at radius 3 is 2.47 bits per heavy atom. The van der Waals surface area contributed by atoms with Gasteiger partial charge in [0, 0.05) is 5.69 Å². The molecule has 0 unspecified atom stereocenters. The smallest absolute Gasteiger partial charge is 0.0741 e. The van der Waals surface area contributed by atoms with Gasteiger partial charge >= 0.3 is 0 Å². The minimum absolute atomic E-state index is 0.181. The maximum Gasteiger partial charge on any atom is 0.0741 e. The second-order valence-electron chi connectivity index (χ2n) is 4.47. The number of rotatable bonds is 2. The topological polar surface area (TPSA) is 32.3 Å². The second-order valence-corrected chi connectivity index (χ2v) is 4.47. The van der Waals surface area contributed by atoms with Crippen LogP contribution in [-0.2, 0) is 0 Å². The number of aryl methyl sites for hydroxylation is 1. The molecule has 0 aromatic heterocycles. The van der Waals surface area contributed by atoms with Crippen molar-refractivity contribution in [2.45, 2.75) is 44.8 Å². The van der Waals surface area contributed by atoms with Crippen molar-refractivity contribution in [3.05, 3.63) is 29.8 Å². The zero-order chi connectivity index (χ0) is 10.7. The molecule has 1 fully saturated rings. The van der Waals surface area contributed by atoms with Crippen molar-refractivity contribution in [3.8, 4) is 0 Å². The molecule has 0 heterocycles. The molecule has 82 valence electrons. The molecule has 0 bridgehead atoms. The first-order valence-electron chi connectivity index (χ1n) is 5.77. The molecule has 15 heavy (non-hydrogen) atoms. The number of hydrogen-bond donors (Lipinski definition) is 2.